The molecule has 0 bridgehead atoms. The molecule has 0 atom stereocenters. The van der Waals surface area contributed by atoms with Gasteiger partial charge in [-0.15, -0.1) is 0 Å². The number of anilines is 1. The maximum Gasteiger partial charge on any atom is 0.221 e. The predicted molar refractivity (Wildman–Crippen MR) is 84.9 cm³/mol. The zero-order valence-electron chi connectivity index (χ0n) is 11.6. The molecule has 1 amide bonds. The Hall–Kier alpha value is -2.14. The van der Waals surface area contributed by atoms with Crippen LogP contribution in [0.2, 0.25) is 0 Å². The molecular weight excluding hydrogens is 334 g/mol. The van der Waals surface area contributed by atoms with E-state index >= 15 is 0 Å². The second-order valence-corrected chi connectivity index (χ2v) is 5.32. The van der Waals surface area contributed by atoms with E-state index in [0.717, 1.165) is 4.47 Å². The van der Waals surface area contributed by atoms with Crippen LogP contribution in [0.5, 0.6) is 5.75 Å². The van der Waals surface area contributed by atoms with Crippen LogP contribution >= 0.6 is 15.9 Å². The Balaban J connectivity index is 2.52. The number of carbonyl (C=O) groups is 2. The van der Waals surface area contributed by atoms with E-state index in [1.165, 1.54) is 14.0 Å². The first-order valence-corrected chi connectivity index (χ1v) is 7.07. The van der Waals surface area contributed by atoms with Crippen LogP contribution in [0.15, 0.2) is 46.9 Å². The van der Waals surface area contributed by atoms with Gasteiger partial charge in [-0.05, 0) is 30.3 Å². The molecule has 2 rings (SSSR count). The molecule has 0 heterocycles. The van der Waals surface area contributed by atoms with E-state index in [2.05, 4.69) is 21.2 Å². The lowest BCUT2D eigenvalue weighted by atomic mass is 10.0. The summed E-state index contributed by atoms with van der Waals surface area (Å²) in [5.41, 5.74) is 1.33. The number of ether oxygens (including phenoxy) is 1. The topological polar surface area (TPSA) is 55.4 Å². The van der Waals surface area contributed by atoms with Gasteiger partial charge in [0.25, 0.3) is 0 Å². The Labute approximate surface area is 131 Å². The van der Waals surface area contributed by atoms with Crippen LogP contribution < -0.4 is 10.1 Å². The van der Waals surface area contributed by atoms with E-state index in [1.807, 2.05) is 0 Å². The van der Waals surface area contributed by atoms with Gasteiger partial charge in [0, 0.05) is 17.0 Å². The minimum Gasteiger partial charge on any atom is -0.496 e. The van der Waals surface area contributed by atoms with Gasteiger partial charge in [0.05, 0.1) is 18.4 Å². The van der Waals surface area contributed by atoms with Crippen molar-refractivity contribution in [2.75, 3.05) is 12.4 Å². The molecule has 21 heavy (non-hydrogen) atoms. The third-order valence-corrected chi connectivity index (χ3v) is 3.38. The number of methoxy groups -OCH3 is 1. The van der Waals surface area contributed by atoms with Crippen molar-refractivity contribution < 1.29 is 14.3 Å². The van der Waals surface area contributed by atoms with Crippen molar-refractivity contribution in [1.29, 1.82) is 0 Å². The first-order chi connectivity index (χ1) is 10.0. The summed E-state index contributed by atoms with van der Waals surface area (Å²) in [5, 5.41) is 2.67. The summed E-state index contributed by atoms with van der Waals surface area (Å²) < 4.78 is 5.98. The van der Waals surface area contributed by atoms with Crippen molar-refractivity contribution in [2.45, 2.75) is 6.92 Å². The van der Waals surface area contributed by atoms with Gasteiger partial charge in [-0.1, -0.05) is 28.1 Å². The highest BCUT2D eigenvalue weighted by Gasteiger charge is 2.18. The number of halogens is 1. The fraction of sp³-hybridized carbons (Fsp3) is 0.125. The molecule has 0 fully saturated rings. The van der Waals surface area contributed by atoms with Crippen molar-refractivity contribution in [3.8, 4) is 5.75 Å². The lowest BCUT2D eigenvalue weighted by molar-refractivity contribution is -0.114. The molecule has 2 aromatic rings. The lowest BCUT2D eigenvalue weighted by Gasteiger charge is -2.12. The number of rotatable bonds is 4. The molecule has 1 N–H and O–H groups in total. The van der Waals surface area contributed by atoms with E-state index in [4.69, 9.17) is 4.74 Å². The first kappa shape index (κ1) is 15.3. The second-order valence-electron chi connectivity index (χ2n) is 4.40. The summed E-state index contributed by atoms with van der Waals surface area (Å²) in [6, 6.07) is 12.1. The maximum atomic E-state index is 12.7. The Morgan fingerprint density at radius 3 is 2.48 bits per heavy atom. The first-order valence-electron chi connectivity index (χ1n) is 6.27. The maximum absolute atomic E-state index is 12.7. The number of nitrogens with one attached hydrogen (secondary N) is 1. The van der Waals surface area contributed by atoms with Crippen LogP contribution in [0.4, 0.5) is 5.69 Å². The van der Waals surface area contributed by atoms with Gasteiger partial charge in [-0.25, -0.2) is 0 Å². The fourth-order valence-electron chi connectivity index (χ4n) is 1.98. The SMILES string of the molecule is COc1ccccc1C(=O)c1cc(Br)ccc1NC(C)=O. The smallest absolute Gasteiger partial charge is 0.221 e. The molecule has 0 radical (unpaired) electrons. The Bertz CT molecular complexity index is 698. The molecule has 0 saturated heterocycles. The van der Waals surface area contributed by atoms with Gasteiger partial charge >= 0.3 is 0 Å². The van der Waals surface area contributed by atoms with Gasteiger partial charge < -0.3 is 10.1 Å². The molecule has 0 aliphatic heterocycles. The van der Waals surface area contributed by atoms with E-state index in [1.54, 1.807) is 42.5 Å². The standard InChI is InChI=1S/C16H14BrNO3/c1-10(19)18-14-8-7-11(17)9-13(14)16(20)12-5-3-4-6-15(12)21-2/h3-9H,1-2H3,(H,18,19). The molecule has 5 heteroatoms. The van der Waals surface area contributed by atoms with Crippen LogP contribution in [-0.4, -0.2) is 18.8 Å². The van der Waals surface area contributed by atoms with E-state index in [9.17, 15) is 9.59 Å². The molecule has 2 aromatic carbocycles. The Morgan fingerprint density at radius 1 is 1.10 bits per heavy atom. The van der Waals surface area contributed by atoms with Gasteiger partial charge in [-0.3, -0.25) is 9.59 Å². The van der Waals surface area contributed by atoms with Crippen molar-refractivity contribution in [3.05, 3.63) is 58.1 Å². The Kier molecular flexibility index (Phi) is 4.75. The number of benzene rings is 2. The fourth-order valence-corrected chi connectivity index (χ4v) is 2.34. The average molecular weight is 348 g/mol. The number of carbonyl (C=O) groups excluding carboxylic acids is 2. The van der Waals surface area contributed by atoms with Gasteiger partial charge in [0.15, 0.2) is 5.78 Å². The molecule has 0 spiro atoms. The molecular formula is C16H14BrNO3. The summed E-state index contributed by atoms with van der Waals surface area (Å²) in [4.78, 5) is 24.0. The largest absolute Gasteiger partial charge is 0.496 e. The zero-order valence-corrected chi connectivity index (χ0v) is 13.2. The molecule has 0 aliphatic carbocycles. The Morgan fingerprint density at radius 2 is 1.81 bits per heavy atom. The zero-order chi connectivity index (χ0) is 15.4. The highest BCUT2D eigenvalue weighted by Crippen LogP contribution is 2.27. The summed E-state index contributed by atoms with van der Waals surface area (Å²) in [6.07, 6.45) is 0. The normalized spacial score (nSPS) is 10.0. The van der Waals surface area contributed by atoms with Crippen molar-refractivity contribution in [3.63, 3.8) is 0 Å². The van der Waals surface area contributed by atoms with E-state index in [0.29, 0.717) is 22.6 Å². The highest BCUT2D eigenvalue weighted by atomic mass is 79.9. The molecule has 4 nitrogen and oxygen atoms in total. The van der Waals surface area contributed by atoms with Gasteiger partial charge in [0.2, 0.25) is 5.91 Å². The molecule has 0 unspecified atom stereocenters. The number of amides is 1. The van der Waals surface area contributed by atoms with Crippen molar-refractivity contribution >= 4 is 33.3 Å². The van der Waals surface area contributed by atoms with Crippen molar-refractivity contribution in [1.82, 2.24) is 0 Å². The van der Waals surface area contributed by atoms with E-state index in [-0.39, 0.29) is 11.7 Å². The van der Waals surface area contributed by atoms with Crippen molar-refractivity contribution in [2.24, 2.45) is 0 Å². The van der Waals surface area contributed by atoms with Crippen LogP contribution in [0.1, 0.15) is 22.8 Å². The van der Waals surface area contributed by atoms with Gasteiger partial charge in [-0.2, -0.15) is 0 Å². The summed E-state index contributed by atoms with van der Waals surface area (Å²) in [5.74, 6) is 0.0557. The minimum absolute atomic E-state index is 0.211. The quantitative estimate of drug-likeness (QED) is 0.859. The van der Waals surface area contributed by atoms with Crippen LogP contribution in [0.25, 0.3) is 0 Å². The second kappa shape index (κ2) is 6.54. The monoisotopic (exact) mass is 347 g/mol. The third kappa shape index (κ3) is 3.49. The van der Waals surface area contributed by atoms with Crippen LogP contribution in [0.3, 0.4) is 0 Å². The van der Waals surface area contributed by atoms with Crippen LogP contribution in [0, 0.1) is 0 Å². The molecule has 0 aromatic heterocycles. The lowest BCUT2D eigenvalue weighted by Crippen LogP contribution is -2.12. The average Bonchev–Trinajstić information content (AvgIpc) is 2.48. The minimum atomic E-state index is -0.230. The van der Waals surface area contributed by atoms with E-state index < -0.39 is 0 Å². The summed E-state index contributed by atoms with van der Waals surface area (Å²) >= 11 is 3.34. The third-order valence-electron chi connectivity index (χ3n) is 2.89. The highest BCUT2D eigenvalue weighted by molar-refractivity contribution is 9.10. The molecule has 0 saturated carbocycles. The number of ketones is 1. The number of hydrogen-bond acceptors (Lipinski definition) is 3. The predicted octanol–water partition coefficient (Wildman–Crippen LogP) is 3.65. The summed E-state index contributed by atoms with van der Waals surface area (Å²) in [6.45, 7) is 1.40. The van der Waals surface area contributed by atoms with Gasteiger partial charge in [0.1, 0.15) is 5.75 Å². The number of para-hydroxylation sites is 1. The molecule has 0 aliphatic rings. The summed E-state index contributed by atoms with van der Waals surface area (Å²) in [7, 11) is 1.52. The molecule has 108 valence electrons. The van der Waals surface area contributed by atoms with Crippen LogP contribution in [-0.2, 0) is 4.79 Å². The number of hydrogen-bond donors (Lipinski definition) is 1.